The van der Waals surface area contributed by atoms with E-state index < -0.39 is 0 Å². The van der Waals surface area contributed by atoms with E-state index in [0.29, 0.717) is 0 Å². The molecule has 0 aliphatic heterocycles. The van der Waals surface area contributed by atoms with Crippen molar-refractivity contribution >= 4 is 27.5 Å². The molecule has 1 heterocycles. The predicted molar refractivity (Wildman–Crippen MR) is 86.8 cm³/mol. The Morgan fingerprint density at radius 3 is 2.71 bits per heavy atom. The first-order valence-corrected chi connectivity index (χ1v) is 8.06. The summed E-state index contributed by atoms with van der Waals surface area (Å²) in [5.41, 5.74) is 2.22. The first-order chi connectivity index (χ1) is 9.99. The van der Waals surface area contributed by atoms with Crippen LogP contribution < -0.4 is 9.54 Å². The molecule has 0 bridgehead atoms. The lowest BCUT2D eigenvalue weighted by atomic mass is 10.2. The number of hydrogen-bond donors (Lipinski definition) is 0. The molecule has 1 aromatic carbocycles. The van der Waals surface area contributed by atoms with Gasteiger partial charge in [-0.15, -0.1) is 0 Å². The Morgan fingerprint density at radius 1 is 1.43 bits per heavy atom. The van der Waals surface area contributed by atoms with Crippen LogP contribution in [0.2, 0.25) is 0 Å². The number of rotatable bonds is 4. The number of thiazole rings is 1. The van der Waals surface area contributed by atoms with Crippen LogP contribution in [0, 0.1) is 12.8 Å². The Bertz CT molecular complexity index is 726. The van der Waals surface area contributed by atoms with Crippen molar-refractivity contribution in [2.75, 3.05) is 7.11 Å². The molecule has 0 radical (unpaired) electrons. The number of aryl methyl sites for hydroxylation is 2. The highest BCUT2D eigenvalue weighted by Gasteiger charge is 2.14. The Labute approximate surface area is 129 Å². The van der Waals surface area contributed by atoms with Crippen LogP contribution in [-0.4, -0.2) is 17.6 Å². The van der Waals surface area contributed by atoms with Crippen molar-refractivity contribution in [2.24, 2.45) is 10.9 Å². The molecule has 0 saturated heterocycles. The van der Waals surface area contributed by atoms with Gasteiger partial charge in [0.05, 0.1) is 11.8 Å². The SMILES string of the molecule is CCCn1c(=NC(=O)C(C)C)sc2c(C)ccc(OC)c21. The normalized spacial score (nSPS) is 12.4. The molecule has 21 heavy (non-hydrogen) atoms. The number of benzene rings is 1. The van der Waals surface area contributed by atoms with Gasteiger partial charge in [-0.1, -0.05) is 38.2 Å². The Balaban J connectivity index is 2.80. The topological polar surface area (TPSA) is 43.6 Å². The number of hydrogen-bond acceptors (Lipinski definition) is 3. The van der Waals surface area contributed by atoms with Crippen LogP contribution in [0.5, 0.6) is 5.75 Å². The number of ether oxygens (including phenoxy) is 1. The van der Waals surface area contributed by atoms with Crippen molar-refractivity contribution in [2.45, 2.75) is 40.7 Å². The van der Waals surface area contributed by atoms with Crippen LogP contribution in [0.1, 0.15) is 32.8 Å². The standard InChI is InChI=1S/C16H22N2O2S/c1-6-9-18-13-12(20-5)8-7-11(4)14(13)21-16(18)17-15(19)10(2)3/h7-8,10H,6,9H2,1-5H3. The third kappa shape index (κ3) is 3.02. The highest BCUT2D eigenvalue weighted by molar-refractivity contribution is 7.16. The second-order valence-electron chi connectivity index (χ2n) is 5.40. The summed E-state index contributed by atoms with van der Waals surface area (Å²) >= 11 is 1.56. The molecule has 0 unspecified atom stereocenters. The summed E-state index contributed by atoms with van der Waals surface area (Å²) in [5, 5.41) is 0. The molecule has 1 amide bonds. The van der Waals surface area contributed by atoms with E-state index in [0.717, 1.165) is 33.7 Å². The highest BCUT2D eigenvalue weighted by atomic mass is 32.1. The van der Waals surface area contributed by atoms with Crippen molar-refractivity contribution < 1.29 is 9.53 Å². The molecule has 0 fully saturated rings. The van der Waals surface area contributed by atoms with Crippen molar-refractivity contribution in [1.29, 1.82) is 0 Å². The van der Waals surface area contributed by atoms with Gasteiger partial charge in [-0.2, -0.15) is 4.99 Å². The molecule has 1 aromatic heterocycles. The summed E-state index contributed by atoms with van der Waals surface area (Å²) in [5.74, 6) is 0.662. The molecule has 2 rings (SSSR count). The van der Waals surface area contributed by atoms with Gasteiger partial charge in [-0.3, -0.25) is 4.79 Å². The van der Waals surface area contributed by atoms with E-state index in [1.54, 1.807) is 18.4 Å². The van der Waals surface area contributed by atoms with Gasteiger partial charge in [0, 0.05) is 12.5 Å². The van der Waals surface area contributed by atoms with E-state index in [-0.39, 0.29) is 11.8 Å². The summed E-state index contributed by atoms with van der Waals surface area (Å²) in [7, 11) is 1.67. The Hall–Kier alpha value is -1.62. The summed E-state index contributed by atoms with van der Waals surface area (Å²) in [4.78, 5) is 17.1. The van der Waals surface area contributed by atoms with E-state index in [2.05, 4.69) is 23.4 Å². The van der Waals surface area contributed by atoms with Crippen molar-refractivity contribution in [3.63, 3.8) is 0 Å². The van der Waals surface area contributed by atoms with E-state index >= 15 is 0 Å². The zero-order chi connectivity index (χ0) is 15.6. The fourth-order valence-electron chi connectivity index (χ4n) is 2.18. The molecule has 4 nitrogen and oxygen atoms in total. The summed E-state index contributed by atoms with van der Waals surface area (Å²) in [6, 6.07) is 4.02. The third-order valence-corrected chi connectivity index (χ3v) is 4.57. The number of aromatic nitrogens is 1. The number of carbonyl (C=O) groups excluding carboxylic acids is 1. The van der Waals surface area contributed by atoms with Crippen molar-refractivity contribution in [1.82, 2.24) is 4.57 Å². The fraction of sp³-hybridized carbons (Fsp3) is 0.500. The average Bonchev–Trinajstić information content (AvgIpc) is 2.80. The quantitative estimate of drug-likeness (QED) is 0.867. The highest BCUT2D eigenvalue weighted by Crippen LogP contribution is 2.30. The lowest BCUT2D eigenvalue weighted by Gasteiger charge is -2.08. The summed E-state index contributed by atoms with van der Waals surface area (Å²) < 4.78 is 8.73. The minimum Gasteiger partial charge on any atom is -0.495 e. The van der Waals surface area contributed by atoms with Crippen LogP contribution in [-0.2, 0) is 11.3 Å². The van der Waals surface area contributed by atoms with E-state index in [1.807, 2.05) is 26.0 Å². The first kappa shape index (κ1) is 15.8. The van der Waals surface area contributed by atoms with Crippen LogP contribution in [0.4, 0.5) is 0 Å². The molecule has 0 atom stereocenters. The summed E-state index contributed by atoms with van der Waals surface area (Å²) in [6.45, 7) is 8.75. The van der Waals surface area contributed by atoms with Gasteiger partial charge in [0.1, 0.15) is 11.3 Å². The van der Waals surface area contributed by atoms with Gasteiger partial charge >= 0.3 is 0 Å². The fourth-order valence-corrected chi connectivity index (χ4v) is 3.33. The van der Waals surface area contributed by atoms with E-state index in [4.69, 9.17) is 4.74 Å². The molecular formula is C16H22N2O2S. The molecule has 0 aliphatic rings. The smallest absolute Gasteiger partial charge is 0.250 e. The second-order valence-corrected chi connectivity index (χ2v) is 6.38. The average molecular weight is 306 g/mol. The molecule has 2 aromatic rings. The minimum atomic E-state index is -0.0896. The van der Waals surface area contributed by atoms with Crippen LogP contribution >= 0.6 is 11.3 Å². The Morgan fingerprint density at radius 2 is 2.14 bits per heavy atom. The lowest BCUT2D eigenvalue weighted by Crippen LogP contribution is -2.18. The van der Waals surface area contributed by atoms with E-state index in [9.17, 15) is 4.79 Å². The van der Waals surface area contributed by atoms with Gasteiger partial charge in [-0.25, -0.2) is 0 Å². The number of nitrogens with zero attached hydrogens (tertiary/aromatic N) is 2. The van der Waals surface area contributed by atoms with Gasteiger partial charge in [-0.05, 0) is 25.0 Å². The van der Waals surface area contributed by atoms with Crippen molar-refractivity contribution in [3.05, 3.63) is 22.5 Å². The molecular weight excluding hydrogens is 284 g/mol. The van der Waals surface area contributed by atoms with Gasteiger partial charge < -0.3 is 9.30 Å². The number of carbonyl (C=O) groups is 1. The molecule has 0 aliphatic carbocycles. The number of fused-ring (bicyclic) bond motifs is 1. The summed E-state index contributed by atoms with van der Waals surface area (Å²) in [6.07, 6.45) is 0.978. The van der Waals surface area contributed by atoms with Gasteiger partial charge in [0.25, 0.3) is 5.91 Å². The number of amides is 1. The minimum absolute atomic E-state index is 0.0805. The molecule has 0 saturated carbocycles. The monoisotopic (exact) mass is 306 g/mol. The first-order valence-electron chi connectivity index (χ1n) is 7.25. The van der Waals surface area contributed by atoms with Crippen LogP contribution in [0.3, 0.4) is 0 Å². The van der Waals surface area contributed by atoms with Gasteiger partial charge in [0.15, 0.2) is 4.80 Å². The predicted octanol–water partition coefficient (Wildman–Crippen LogP) is 3.51. The maximum absolute atomic E-state index is 12.0. The third-order valence-electron chi connectivity index (χ3n) is 3.35. The zero-order valence-corrected chi connectivity index (χ0v) is 14.1. The maximum Gasteiger partial charge on any atom is 0.250 e. The van der Waals surface area contributed by atoms with Crippen LogP contribution in [0.25, 0.3) is 10.2 Å². The lowest BCUT2D eigenvalue weighted by molar-refractivity contribution is -0.120. The van der Waals surface area contributed by atoms with Crippen LogP contribution in [0.15, 0.2) is 17.1 Å². The largest absolute Gasteiger partial charge is 0.495 e. The molecule has 0 spiro atoms. The van der Waals surface area contributed by atoms with Gasteiger partial charge in [0.2, 0.25) is 0 Å². The second kappa shape index (κ2) is 6.43. The zero-order valence-electron chi connectivity index (χ0n) is 13.3. The Kier molecular flexibility index (Phi) is 4.83. The van der Waals surface area contributed by atoms with E-state index in [1.165, 1.54) is 5.56 Å². The van der Waals surface area contributed by atoms with Crippen molar-refractivity contribution in [3.8, 4) is 5.75 Å². The molecule has 5 heteroatoms. The number of methoxy groups -OCH3 is 1. The maximum atomic E-state index is 12.0. The molecule has 114 valence electrons. The molecule has 0 N–H and O–H groups in total.